The molecule has 1 amide bonds. The molecule has 0 aliphatic rings. The van der Waals surface area contributed by atoms with Gasteiger partial charge in [-0.1, -0.05) is 0 Å². The van der Waals surface area contributed by atoms with Crippen molar-refractivity contribution in [3.8, 4) is 0 Å². The number of carbonyl (C=O) groups is 1. The lowest BCUT2D eigenvalue weighted by Crippen LogP contribution is -2.27. The molecular weight excluding hydrogens is 392 g/mol. The van der Waals surface area contributed by atoms with Gasteiger partial charge in [0.15, 0.2) is 0 Å². The Morgan fingerprint density at radius 1 is 1.40 bits per heavy atom. The smallest absolute Gasteiger partial charge is 0.358 e. The molecule has 10 heteroatoms. The van der Waals surface area contributed by atoms with E-state index in [0.29, 0.717) is 11.0 Å². The largest absolute Gasteiger partial charge is 0.404 e. The maximum absolute atomic E-state index is 12.4. The van der Waals surface area contributed by atoms with Gasteiger partial charge < -0.3 is 15.0 Å². The lowest BCUT2D eigenvalue weighted by atomic mass is 10.2. The zero-order valence-corrected chi connectivity index (χ0v) is 16.3. The number of nitrogens with zero attached hydrogens (tertiary/aromatic N) is 6. The first kappa shape index (κ1) is 19.1. The number of hydrogen-bond acceptors (Lipinski definition) is 5. The molecule has 0 aliphatic carbocycles. The van der Waals surface area contributed by atoms with Gasteiger partial charge in [0.05, 0.1) is 23.5 Å². The summed E-state index contributed by atoms with van der Waals surface area (Å²) < 4.78 is 3.62. The molecule has 0 aromatic carbocycles. The highest BCUT2D eigenvalue weighted by molar-refractivity contribution is 9.10. The third-order valence-electron chi connectivity index (χ3n) is 4.08. The standard InChI is InChI=1S/C15H21BrN6O3/c1-5-21-11(3)12(10(2)17-21)8-19(4)14(23)6-7-20-9-13(16)15(18-20)22(24)25/h9H,5-8H2,1-4H3. The average Bonchev–Trinajstić information content (AvgIpc) is 3.06. The zero-order chi connectivity index (χ0) is 18.7. The average molecular weight is 413 g/mol. The van der Waals surface area contributed by atoms with Gasteiger partial charge in [0, 0.05) is 37.8 Å². The summed E-state index contributed by atoms with van der Waals surface area (Å²) >= 11 is 3.09. The van der Waals surface area contributed by atoms with Crippen LogP contribution in [-0.4, -0.2) is 42.3 Å². The number of hydrogen-bond donors (Lipinski definition) is 0. The lowest BCUT2D eigenvalue weighted by Gasteiger charge is -2.17. The van der Waals surface area contributed by atoms with Crippen LogP contribution in [0.4, 0.5) is 5.82 Å². The lowest BCUT2D eigenvalue weighted by molar-refractivity contribution is -0.390. The second-order valence-electron chi connectivity index (χ2n) is 5.79. The summed E-state index contributed by atoms with van der Waals surface area (Å²) in [5, 5.41) is 19.1. The van der Waals surface area contributed by atoms with Crippen molar-refractivity contribution in [2.24, 2.45) is 0 Å². The Bertz CT molecular complexity index is 798. The van der Waals surface area contributed by atoms with E-state index in [4.69, 9.17) is 0 Å². The van der Waals surface area contributed by atoms with Gasteiger partial charge in [0.2, 0.25) is 5.91 Å². The van der Waals surface area contributed by atoms with Crippen LogP contribution in [-0.2, 0) is 24.4 Å². The van der Waals surface area contributed by atoms with E-state index in [1.165, 1.54) is 10.9 Å². The molecule has 0 bridgehead atoms. The molecule has 136 valence electrons. The van der Waals surface area contributed by atoms with E-state index < -0.39 is 4.92 Å². The maximum Gasteiger partial charge on any atom is 0.404 e. The highest BCUT2D eigenvalue weighted by Gasteiger charge is 2.20. The fraction of sp³-hybridized carbons (Fsp3) is 0.533. The van der Waals surface area contributed by atoms with Crippen molar-refractivity contribution in [3.05, 3.63) is 37.7 Å². The third-order valence-corrected chi connectivity index (χ3v) is 4.64. The molecule has 0 N–H and O–H groups in total. The molecule has 0 radical (unpaired) electrons. The van der Waals surface area contributed by atoms with E-state index in [0.717, 1.165) is 23.5 Å². The Hall–Kier alpha value is -2.23. The Morgan fingerprint density at radius 2 is 2.08 bits per heavy atom. The fourth-order valence-electron chi connectivity index (χ4n) is 2.62. The van der Waals surface area contributed by atoms with Gasteiger partial charge in [-0.15, -0.1) is 0 Å². The Morgan fingerprint density at radius 3 is 2.60 bits per heavy atom. The van der Waals surface area contributed by atoms with Crippen LogP contribution < -0.4 is 0 Å². The topological polar surface area (TPSA) is 99.1 Å². The molecule has 2 heterocycles. The number of amides is 1. The molecule has 2 aromatic heterocycles. The maximum atomic E-state index is 12.4. The van der Waals surface area contributed by atoms with Crippen LogP contribution in [0.2, 0.25) is 0 Å². The van der Waals surface area contributed by atoms with Crippen LogP contribution in [0.1, 0.15) is 30.3 Å². The van der Waals surface area contributed by atoms with Gasteiger partial charge in [-0.2, -0.15) is 9.78 Å². The molecule has 0 atom stereocenters. The Kier molecular flexibility index (Phi) is 5.93. The SMILES string of the molecule is CCn1nc(C)c(CN(C)C(=O)CCn2cc(Br)c([N+](=O)[O-])n2)c1C. The number of aromatic nitrogens is 4. The minimum Gasteiger partial charge on any atom is -0.358 e. The van der Waals surface area contributed by atoms with E-state index in [9.17, 15) is 14.9 Å². The molecule has 0 aliphatic heterocycles. The van der Waals surface area contributed by atoms with Crippen molar-refractivity contribution in [1.29, 1.82) is 0 Å². The molecule has 0 spiro atoms. The number of nitro groups is 1. The summed E-state index contributed by atoms with van der Waals surface area (Å²) in [6.07, 6.45) is 1.72. The van der Waals surface area contributed by atoms with Gasteiger partial charge >= 0.3 is 5.82 Å². The van der Waals surface area contributed by atoms with Crippen LogP contribution in [0, 0.1) is 24.0 Å². The molecule has 2 rings (SSSR count). The van der Waals surface area contributed by atoms with Gasteiger partial charge in [-0.05, 0) is 41.6 Å². The van der Waals surface area contributed by atoms with Gasteiger partial charge in [-0.3, -0.25) is 9.48 Å². The van der Waals surface area contributed by atoms with Crippen molar-refractivity contribution >= 4 is 27.7 Å². The summed E-state index contributed by atoms with van der Waals surface area (Å²) in [5.74, 6) is -0.309. The summed E-state index contributed by atoms with van der Waals surface area (Å²) in [4.78, 5) is 24.2. The predicted molar refractivity (Wildman–Crippen MR) is 95.0 cm³/mol. The Labute approximate surface area is 153 Å². The third kappa shape index (κ3) is 4.25. The van der Waals surface area contributed by atoms with Crippen molar-refractivity contribution in [3.63, 3.8) is 0 Å². The van der Waals surface area contributed by atoms with Gasteiger partial charge in [0.1, 0.15) is 4.47 Å². The first-order valence-corrected chi connectivity index (χ1v) is 8.68. The number of carbonyl (C=O) groups excluding carboxylic acids is 1. The highest BCUT2D eigenvalue weighted by atomic mass is 79.9. The van der Waals surface area contributed by atoms with E-state index in [-0.39, 0.29) is 24.7 Å². The first-order chi connectivity index (χ1) is 11.7. The van der Waals surface area contributed by atoms with Crippen molar-refractivity contribution in [2.45, 2.75) is 46.8 Å². The summed E-state index contributed by atoms with van der Waals surface area (Å²) in [6.45, 7) is 7.52. The van der Waals surface area contributed by atoms with Crippen molar-refractivity contribution in [2.75, 3.05) is 7.05 Å². The van der Waals surface area contributed by atoms with Crippen LogP contribution in [0.15, 0.2) is 10.7 Å². The highest BCUT2D eigenvalue weighted by Crippen LogP contribution is 2.22. The van der Waals surface area contributed by atoms with E-state index in [1.54, 1.807) is 11.9 Å². The quantitative estimate of drug-likeness (QED) is 0.513. The second-order valence-corrected chi connectivity index (χ2v) is 6.64. The van der Waals surface area contributed by atoms with E-state index in [1.807, 2.05) is 25.5 Å². The van der Waals surface area contributed by atoms with Gasteiger partial charge in [-0.25, -0.2) is 0 Å². The van der Waals surface area contributed by atoms with Crippen molar-refractivity contribution in [1.82, 2.24) is 24.5 Å². The monoisotopic (exact) mass is 412 g/mol. The molecule has 2 aromatic rings. The predicted octanol–water partition coefficient (Wildman–Crippen LogP) is 2.44. The zero-order valence-electron chi connectivity index (χ0n) is 14.7. The van der Waals surface area contributed by atoms with Crippen LogP contribution in [0.3, 0.4) is 0 Å². The van der Waals surface area contributed by atoms with E-state index >= 15 is 0 Å². The minimum atomic E-state index is -0.564. The molecular formula is C15H21BrN6O3. The molecule has 0 unspecified atom stereocenters. The second kappa shape index (κ2) is 7.77. The molecule has 0 fully saturated rings. The number of aryl methyl sites for hydroxylation is 3. The minimum absolute atomic E-state index is 0.0580. The summed E-state index contributed by atoms with van der Waals surface area (Å²) in [5.41, 5.74) is 3.03. The van der Waals surface area contributed by atoms with Crippen LogP contribution in [0.25, 0.3) is 0 Å². The Balaban J connectivity index is 1.98. The summed E-state index contributed by atoms with van der Waals surface area (Å²) in [6, 6.07) is 0. The molecule has 0 saturated heterocycles. The van der Waals surface area contributed by atoms with Crippen LogP contribution in [0.5, 0.6) is 0 Å². The summed E-state index contributed by atoms with van der Waals surface area (Å²) in [7, 11) is 1.74. The van der Waals surface area contributed by atoms with Crippen LogP contribution >= 0.6 is 15.9 Å². The van der Waals surface area contributed by atoms with Gasteiger partial charge in [0.25, 0.3) is 0 Å². The molecule has 25 heavy (non-hydrogen) atoms. The normalized spacial score (nSPS) is 10.9. The molecule has 0 saturated carbocycles. The first-order valence-electron chi connectivity index (χ1n) is 7.88. The molecule has 9 nitrogen and oxygen atoms in total. The van der Waals surface area contributed by atoms with Crippen molar-refractivity contribution < 1.29 is 9.72 Å². The number of rotatable bonds is 7. The fourth-order valence-corrected chi connectivity index (χ4v) is 3.08. The number of halogens is 1. The van der Waals surface area contributed by atoms with E-state index in [2.05, 4.69) is 26.1 Å².